The van der Waals surface area contributed by atoms with Gasteiger partial charge in [-0.1, -0.05) is 12.1 Å². The lowest BCUT2D eigenvalue weighted by Crippen LogP contribution is -2.44. The number of ether oxygens (including phenoxy) is 3. The molecule has 2 aliphatic rings. The van der Waals surface area contributed by atoms with E-state index >= 15 is 0 Å². The third-order valence-corrected chi connectivity index (χ3v) is 10.00. The van der Waals surface area contributed by atoms with Gasteiger partial charge in [-0.2, -0.15) is 23.1 Å². The zero-order valence-electron chi connectivity index (χ0n) is 24.0. The Kier molecular flexibility index (Phi) is 7.76. The SMILES string of the molecule is Cc1nc(P2(=O)CCN(C(=O)OC(C)(C)C)CC2)cc2c3nc(nc12)OCCOc1c(cccc1C(F)(F)F)[C@@H](C)N3. The molecule has 0 spiro atoms. The van der Waals surface area contributed by atoms with Crippen LogP contribution in [0.1, 0.15) is 50.6 Å². The molecule has 1 saturated heterocycles. The molecule has 1 aromatic carbocycles. The topological polar surface area (TPSA) is 116 Å². The largest absolute Gasteiger partial charge is 0.489 e. The maximum absolute atomic E-state index is 14.1. The second-order valence-corrected chi connectivity index (χ2v) is 14.5. The van der Waals surface area contributed by atoms with E-state index in [9.17, 15) is 22.5 Å². The molecule has 2 bridgehead atoms. The molecule has 2 aliphatic heterocycles. The summed E-state index contributed by atoms with van der Waals surface area (Å²) < 4.78 is 72.3. The van der Waals surface area contributed by atoms with Crippen molar-refractivity contribution in [2.75, 3.05) is 43.9 Å². The van der Waals surface area contributed by atoms with Gasteiger partial charge in [-0.05, 0) is 46.8 Å². The molecule has 0 aliphatic carbocycles. The predicted octanol–water partition coefficient (Wildman–Crippen LogP) is 5.54. The lowest BCUT2D eigenvalue weighted by Gasteiger charge is -2.33. The Morgan fingerprint density at radius 1 is 1.10 bits per heavy atom. The Morgan fingerprint density at radius 2 is 1.79 bits per heavy atom. The lowest BCUT2D eigenvalue weighted by molar-refractivity contribution is -0.139. The van der Waals surface area contributed by atoms with Crippen LogP contribution in [0.25, 0.3) is 10.9 Å². The van der Waals surface area contributed by atoms with Gasteiger partial charge in [0.15, 0.2) is 0 Å². The van der Waals surface area contributed by atoms with E-state index in [0.717, 1.165) is 6.07 Å². The molecule has 3 aromatic rings. The van der Waals surface area contributed by atoms with Crippen LogP contribution < -0.4 is 20.2 Å². The first kappa shape index (κ1) is 29.9. The summed E-state index contributed by atoms with van der Waals surface area (Å²) in [5.74, 6) is 0.0269. The molecule has 0 unspecified atom stereocenters. The molecule has 1 amide bonds. The Hall–Kier alpha value is -3.60. The van der Waals surface area contributed by atoms with Gasteiger partial charge in [0.05, 0.1) is 17.3 Å². The average Bonchev–Trinajstić information content (AvgIpc) is 2.92. The lowest BCUT2D eigenvalue weighted by atomic mass is 10.0. The van der Waals surface area contributed by atoms with Gasteiger partial charge in [0.25, 0.3) is 0 Å². The van der Waals surface area contributed by atoms with Crippen molar-refractivity contribution < 1.29 is 36.7 Å². The Balaban J connectivity index is 1.51. The summed E-state index contributed by atoms with van der Waals surface area (Å²) in [6.45, 7) is 9.10. The van der Waals surface area contributed by atoms with Crippen molar-refractivity contribution in [1.82, 2.24) is 19.9 Å². The van der Waals surface area contributed by atoms with E-state index in [1.54, 1.807) is 51.7 Å². The highest BCUT2D eigenvalue weighted by Crippen LogP contribution is 2.47. The quantitative estimate of drug-likeness (QED) is 0.356. The molecular weight excluding hydrogens is 574 g/mol. The maximum atomic E-state index is 14.1. The molecule has 0 saturated carbocycles. The number of aromatic nitrogens is 3. The fourth-order valence-electron chi connectivity index (χ4n) is 5.00. The van der Waals surface area contributed by atoms with E-state index < -0.39 is 36.6 Å². The van der Waals surface area contributed by atoms with E-state index in [1.807, 2.05) is 0 Å². The van der Waals surface area contributed by atoms with Gasteiger partial charge in [0, 0.05) is 36.4 Å². The number of pyridine rings is 1. The van der Waals surface area contributed by atoms with Gasteiger partial charge in [-0.3, -0.25) is 0 Å². The second-order valence-electron chi connectivity index (χ2n) is 11.4. The predicted molar refractivity (Wildman–Crippen MR) is 151 cm³/mol. The number of hydrogen-bond acceptors (Lipinski definition) is 9. The molecule has 1 N–H and O–H groups in total. The van der Waals surface area contributed by atoms with Gasteiger partial charge in [-0.25, -0.2) is 9.78 Å². The number of amides is 1. The Morgan fingerprint density at radius 3 is 2.45 bits per heavy atom. The van der Waals surface area contributed by atoms with Gasteiger partial charge in [-0.15, -0.1) is 0 Å². The van der Waals surface area contributed by atoms with Crippen molar-refractivity contribution in [2.45, 2.75) is 52.4 Å². The van der Waals surface area contributed by atoms with Crippen LogP contribution in [0, 0.1) is 6.92 Å². The van der Waals surface area contributed by atoms with E-state index in [2.05, 4.69) is 20.3 Å². The Labute approximate surface area is 241 Å². The van der Waals surface area contributed by atoms with Crippen LogP contribution in [0.3, 0.4) is 0 Å². The number of rotatable bonds is 1. The van der Waals surface area contributed by atoms with Crippen LogP contribution in [0.4, 0.5) is 23.8 Å². The molecule has 5 rings (SSSR count). The van der Waals surface area contributed by atoms with Crippen molar-refractivity contribution in [3.63, 3.8) is 0 Å². The summed E-state index contributed by atoms with van der Waals surface area (Å²) in [5, 5.41) is 3.71. The van der Waals surface area contributed by atoms with Gasteiger partial charge >= 0.3 is 18.3 Å². The van der Waals surface area contributed by atoms with Crippen LogP contribution in [0.5, 0.6) is 11.8 Å². The summed E-state index contributed by atoms with van der Waals surface area (Å²) in [6.07, 6.45) is -4.60. The zero-order chi connectivity index (χ0) is 30.4. The number of carbonyl (C=O) groups excluding carboxylic acids is 1. The van der Waals surface area contributed by atoms with Crippen molar-refractivity contribution >= 4 is 35.4 Å². The first-order valence-corrected chi connectivity index (χ1v) is 15.7. The molecule has 2 aromatic heterocycles. The highest BCUT2D eigenvalue weighted by Gasteiger charge is 2.37. The summed E-state index contributed by atoms with van der Waals surface area (Å²) in [6, 6.07) is 4.92. The van der Waals surface area contributed by atoms with E-state index in [4.69, 9.17) is 14.2 Å². The number of alkyl halides is 3. The molecule has 226 valence electrons. The number of anilines is 1. The molecule has 42 heavy (non-hydrogen) atoms. The molecule has 14 heteroatoms. The molecule has 10 nitrogen and oxygen atoms in total. The standard InChI is InChI=1S/C28H33F3N5O5P/c1-16-18-7-6-8-20(28(29,30)31)23(18)39-11-12-40-25-34-22-17(2)32-21(15-19(22)24(33-16)35-25)42(38)13-9-36(10-14-42)26(37)41-27(3,4)5/h6-8,15-16H,9-14H2,1-5H3,(H,33,34,35)/t16-/m1/s1. The van der Waals surface area contributed by atoms with Crippen LogP contribution in [-0.4, -0.2) is 70.2 Å². The number of nitrogens with zero attached hydrogens (tertiary/aromatic N) is 4. The van der Waals surface area contributed by atoms with E-state index in [1.165, 1.54) is 6.07 Å². The normalized spacial score (nSPS) is 19.0. The summed E-state index contributed by atoms with van der Waals surface area (Å²) in [5.41, 5.74) is 0.125. The summed E-state index contributed by atoms with van der Waals surface area (Å²) in [7, 11) is -3.01. The van der Waals surface area contributed by atoms with Gasteiger partial charge in [0.2, 0.25) is 0 Å². The Bertz CT molecular complexity index is 1560. The minimum atomic E-state index is -4.61. The third-order valence-electron chi connectivity index (χ3n) is 7.09. The van der Waals surface area contributed by atoms with Crippen molar-refractivity contribution in [3.8, 4) is 11.8 Å². The second kappa shape index (κ2) is 10.9. The molecule has 1 atom stereocenters. The van der Waals surface area contributed by atoms with Crippen molar-refractivity contribution in [3.05, 3.63) is 41.1 Å². The van der Waals surface area contributed by atoms with Crippen LogP contribution in [0.2, 0.25) is 0 Å². The highest BCUT2D eigenvalue weighted by atomic mass is 31.2. The number of hydrogen-bond donors (Lipinski definition) is 1. The zero-order valence-corrected chi connectivity index (χ0v) is 24.9. The van der Waals surface area contributed by atoms with Gasteiger partial charge < -0.3 is 29.0 Å². The van der Waals surface area contributed by atoms with Crippen molar-refractivity contribution in [1.29, 1.82) is 0 Å². The molecule has 4 heterocycles. The fraction of sp³-hybridized carbons (Fsp3) is 0.500. The fourth-order valence-corrected chi connectivity index (χ4v) is 7.50. The minimum absolute atomic E-state index is 0.0118. The van der Waals surface area contributed by atoms with Crippen LogP contribution in [0.15, 0.2) is 24.3 Å². The van der Waals surface area contributed by atoms with E-state index in [-0.39, 0.29) is 50.4 Å². The number of halogens is 3. The van der Waals surface area contributed by atoms with Gasteiger partial charge in [0.1, 0.15) is 48.5 Å². The first-order valence-electron chi connectivity index (χ1n) is 13.6. The van der Waals surface area contributed by atoms with Crippen molar-refractivity contribution in [2.24, 2.45) is 0 Å². The molecule has 0 radical (unpaired) electrons. The monoisotopic (exact) mass is 607 g/mol. The third kappa shape index (κ3) is 6.11. The smallest absolute Gasteiger partial charge is 0.419 e. The van der Waals surface area contributed by atoms with Crippen LogP contribution in [-0.2, 0) is 15.5 Å². The number of benzene rings is 1. The molecule has 1 fully saturated rings. The number of nitrogens with one attached hydrogen (secondary N) is 1. The summed E-state index contributed by atoms with van der Waals surface area (Å²) >= 11 is 0. The number of fused-ring (bicyclic) bond motifs is 5. The summed E-state index contributed by atoms with van der Waals surface area (Å²) in [4.78, 5) is 27.7. The first-order chi connectivity index (χ1) is 19.6. The maximum Gasteiger partial charge on any atom is 0.419 e. The van der Waals surface area contributed by atoms with Crippen LogP contribution >= 0.6 is 7.14 Å². The minimum Gasteiger partial charge on any atom is -0.489 e. The average molecular weight is 608 g/mol. The number of carbonyl (C=O) groups is 1. The van der Waals surface area contributed by atoms with E-state index in [0.29, 0.717) is 33.4 Å². The highest BCUT2D eigenvalue weighted by molar-refractivity contribution is 7.71. The molecular formula is C28H33F3N5O5P. The number of aryl methyl sites for hydroxylation is 1. The number of para-hydroxylation sites is 1.